The van der Waals surface area contributed by atoms with E-state index in [1.165, 1.54) is 0 Å². The lowest BCUT2D eigenvalue weighted by molar-refractivity contribution is -0.00546. The van der Waals surface area contributed by atoms with Crippen molar-refractivity contribution >= 4 is 5.69 Å². The zero-order valence-corrected chi connectivity index (χ0v) is 12.8. The average molecular weight is 280 g/mol. The first-order valence-corrected chi connectivity index (χ1v) is 7.45. The summed E-state index contributed by atoms with van der Waals surface area (Å²) in [6.07, 6.45) is 0.251. The van der Waals surface area contributed by atoms with Crippen molar-refractivity contribution in [1.82, 2.24) is 5.32 Å². The fraction of sp³-hybridized carbons (Fsp3) is 0.625. The molecule has 0 aromatic heterocycles. The molecule has 1 N–H and O–H groups in total. The summed E-state index contributed by atoms with van der Waals surface area (Å²) in [7, 11) is 0. The van der Waals surface area contributed by atoms with Gasteiger partial charge in [-0.05, 0) is 38.9 Å². The molecule has 0 bridgehead atoms. The van der Waals surface area contributed by atoms with Gasteiger partial charge in [-0.3, -0.25) is 0 Å². The van der Waals surface area contributed by atoms with E-state index in [9.17, 15) is 4.39 Å². The molecular weight excluding hydrogens is 255 g/mol. The summed E-state index contributed by atoms with van der Waals surface area (Å²) in [6, 6.07) is 5.48. The number of hydrogen-bond acceptors (Lipinski definition) is 3. The minimum Gasteiger partial charge on any atom is -0.372 e. The molecular formula is C16H25FN2O. The summed E-state index contributed by atoms with van der Waals surface area (Å²) < 4.78 is 20.1. The molecule has 1 aliphatic rings. The molecule has 0 aliphatic carbocycles. The summed E-state index contributed by atoms with van der Waals surface area (Å²) >= 11 is 0. The van der Waals surface area contributed by atoms with Gasteiger partial charge in [0, 0.05) is 19.1 Å². The van der Waals surface area contributed by atoms with Crippen LogP contribution in [0.5, 0.6) is 0 Å². The third-order valence-electron chi connectivity index (χ3n) is 3.73. The van der Waals surface area contributed by atoms with Gasteiger partial charge >= 0.3 is 0 Å². The van der Waals surface area contributed by atoms with E-state index < -0.39 is 0 Å². The van der Waals surface area contributed by atoms with Crippen LogP contribution in [0.1, 0.15) is 39.3 Å². The molecule has 2 rings (SSSR count). The van der Waals surface area contributed by atoms with Crippen LogP contribution in [0.2, 0.25) is 0 Å². The second kappa shape index (κ2) is 6.55. The Labute approximate surface area is 121 Å². The van der Waals surface area contributed by atoms with Gasteiger partial charge < -0.3 is 15.0 Å². The van der Waals surface area contributed by atoms with Crippen LogP contribution in [0.25, 0.3) is 0 Å². The standard InChI is InChI=1S/C16H25FN2O/c1-5-18-13(4)14-7-6-8-15(17)16(14)19-9-11(2)20-12(3)10-19/h6-8,11-13,18H,5,9-10H2,1-4H3/t11-,12+,13?. The van der Waals surface area contributed by atoms with Crippen LogP contribution in [-0.2, 0) is 4.74 Å². The Hall–Kier alpha value is -1.13. The summed E-state index contributed by atoms with van der Waals surface area (Å²) in [5.74, 6) is -0.145. The third kappa shape index (κ3) is 3.30. The number of ether oxygens (including phenoxy) is 1. The van der Waals surface area contributed by atoms with E-state index in [1.54, 1.807) is 12.1 Å². The number of para-hydroxylation sites is 1. The Morgan fingerprint density at radius 1 is 1.35 bits per heavy atom. The molecule has 4 heteroatoms. The highest BCUT2D eigenvalue weighted by molar-refractivity contribution is 5.56. The molecule has 20 heavy (non-hydrogen) atoms. The van der Waals surface area contributed by atoms with Gasteiger partial charge in [0.1, 0.15) is 5.82 Å². The number of benzene rings is 1. The largest absolute Gasteiger partial charge is 0.372 e. The van der Waals surface area contributed by atoms with Crippen molar-refractivity contribution < 1.29 is 9.13 Å². The van der Waals surface area contributed by atoms with Crippen LogP contribution in [-0.4, -0.2) is 31.8 Å². The van der Waals surface area contributed by atoms with Gasteiger partial charge in [0.05, 0.1) is 17.9 Å². The van der Waals surface area contributed by atoms with Crippen LogP contribution in [0.3, 0.4) is 0 Å². The highest BCUT2D eigenvalue weighted by Gasteiger charge is 2.27. The summed E-state index contributed by atoms with van der Waals surface area (Å²) in [5.41, 5.74) is 1.75. The fourth-order valence-electron chi connectivity index (χ4n) is 2.99. The van der Waals surface area contributed by atoms with Crippen LogP contribution < -0.4 is 10.2 Å². The minimum absolute atomic E-state index is 0.126. The first-order chi connectivity index (χ1) is 9.52. The van der Waals surface area contributed by atoms with E-state index in [4.69, 9.17) is 4.74 Å². The molecule has 1 aromatic rings. The van der Waals surface area contributed by atoms with Crippen molar-refractivity contribution in [2.24, 2.45) is 0 Å². The zero-order chi connectivity index (χ0) is 14.7. The lowest BCUT2D eigenvalue weighted by Gasteiger charge is -2.38. The summed E-state index contributed by atoms with van der Waals surface area (Å²) in [4.78, 5) is 2.12. The zero-order valence-electron chi connectivity index (χ0n) is 12.8. The van der Waals surface area contributed by atoms with E-state index in [-0.39, 0.29) is 24.1 Å². The van der Waals surface area contributed by atoms with E-state index in [0.717, 1.165) is 30.9 Å². The maximum atomic E-state index is 14.4. The highest BCUT2D eigenvalue weighted by Crippen LogP contribution is 2.31. The molecule has 112 valence electrons. The quantitative estimate of drug-likeness (QED) is 0.917. The number of nitrogens with one attached hydrogen (secondary N) is 1. The molecule has 0 spiro atoms. The molecule has 1 aromatic carbocycles. The minimum atomic E-state index is -0.145. The maximum Gasteiger partial charge on any atom is 0.146 e. The number of halogens is 1. The number of anilines is 1. The summed E-state index contributed by atoms with van der Waals surface area (Å²) in [6.45, 7) is 10.6. The Bertz CT molecular complexity index is 442. The molecule has 1 heterocycles. The summed E-state index contributed by atoms with van der Waals surface area (Å²) in [5, 5.41) is 3.37. The number of rotatable bonds is 4. The van der Waals surface area contributed by atoms with E-state index in [1.807, 2.05) is 19.9 Å². The van der Waals surface area contributed by atoms with Gasteiger partial charge in [-0.2, -0.15) is 0 Å². The van der Waals surface area contributed by atoms with Crippen molar-refractivity contribution in [3.05, 3.63) is 29.6 Å². The predicted octanol–water partition coefficient (Wildman–Crippen LogP) is 3.11. The van der Waals surface area contributed by atoms with E-state index in [2.05, 4.69) is 24.1 Å². The maximum absolute atomic E-state index is 14.4. The fourth-order valence-corrected chi connectivity index (χ4v) is 2.99. The molecule has 0 saturated carbocycles. The van der Waals surface area contributed by atoms with Crippen LogP contribution in [0.4, 0.5) is 10.1 Å². The first kappa shape index (κ1) is 15.3. The van der Waals surface area contributed by atoms with Gasteiger partial charge in [-0.25, -0.2) is 4.39 Å². The number of nitrogens with zero attached hydrogens (tertiary/aromatic N) is 1. The van der Waals surface area contributed by atoms with Crippen LogP contribution >= 0.6 is 0 Å². The highest BCUT2D eigenvalue weighted by atomic mass is 19.1. The van der Waals surface area contributed by atoms with Crippen molar-refractivity contribution in [2.45, 2.75) is 45.9 Å². The Kier molecular flexibility index (Phi) is 5.00. The lowest BCUT2D eigenvalue weighted by Crippen LogP contribution is -2.46. The number of morpholine rings is 1. The Balaban J connectivity index is 2.34. The van der Waals surface area contributed by atoms with Gasteiger partial charge in [0.15, 0.2) is 0 Å². The van der Waals surface area contributed by atoms with Crippen molar-refractivity contribution in [3.8, 4) is 0 Å². The average Bonchev–Trinajstić information content (AvgIpc) is 2.37. The van der Waals surface area contributed by atoms with Gasteiger partial charge in [-0.1, -0.05) is 19.1 Å². The van der Waals surface area contributed by atoms with Crippen molar-refractivity contribution in [3.63, 3.8) is 0 Å². The second-order valence-electron chi connectivity index (χ2n) is 5.62. The normalized spacial score (nSPS) is 24.8. The van der Waals surface area contributed by atoms with Gasteiger partial charge in [0.25, 0.3) is 0 Å². The lowest BCUT2D eigenvalue weighted by atomic mass is 10.0. The molecule has 0 radical (unpaired) electrons. The predicted molar refractivity (Wildman–Crippen MR) is 80.7 cm³/mol. The van der Waals surface area contributed by atoms with Crippen molar-refractivity contribution in [1.29, 1.82) is 0 Å². The molecule has 3 nitrogen and oxygen atoms in total. The van der Waals surface area contributed by atoms with Crippen LogP contribution in [0, 0.1) is 5.82 Å². The Morgan fingerprint density at radius 3 is 2.60 bits per heavy atom. The van der Waals surface area contributed by atoms with Gasteiger partial charge in [0.2, 0.25) is 0 Å². The molecule has 1 fully saturated rings. The smallest absolute Gasteiger partial charge is 0.146 e. The van der Waals surface area contributed by atoms with Gasteiger partial charge in [-0.15, -0.1) is 0 Å². The Morgan fingerprint density at radius 2 is 2.00 bits per heavy atom. The monoisotopic (exact) mass is 280 g/mol. The first-order valence-electron chi connectivity index (χ1n) is 7.45. The molecule has 1 aliphatic heterocycles. The molecule has 3 atom stereocenters. The van der Waals surface area contributed by atoms with E-state index in [0.29, 0.717) is 0 Å². The topological polar surface area (TPSA) is 24.5 Å². The SMILES string of the molecule is CCNC(C)c1cccc(F)c1N1C[C@@H](C)O[C@@H](C)C1. The molecule has 1 saturated heterocycles. The third-order valence-corrected chi connectivity index (χ3v) is 3.73. The van der Waals surface area contributed by atoms with E-state index >= 15 is 0 Å². The van der Waals surface area contributed by atoms with Crippen molar-refractivity contribution in [2.75, 3.05) is 24.5 Å². The molecule has 1 unspecified atom stereocenters. The number of hydrogen-bond donors (Lipinski definition) is 1. The van der Waals surface area contributed by atoms with Crippen LogP contribution in [0.15, 0.2) is 18.2 Å². The second-order valence-corrected chi connectivity index (χ2v) is 5.62. The molecule has 0 amide bonds.